The first-order valence-corrected chi connectivity index (χ1v) is 9.26. The van der Waals surface area contributed by atoms with Gasteiger partial charge < -0.3 is 10.6 Å². The fraction of sp³-hybridized carbons (Fsp3) is 0.944. The van der Waals surface area contributed by atoms with Crippen molar-refractivity contribution in [1.29, 1.82) is 0 Å². The maximum Gasteiger partial charge on any atom is 0.240 e. The highest BCUT2D eigenvalue weighted by Crippen LogP contribution is 2.53. The van der Waals surface area contributed by atoms with Gasteiger partial charge in [-0.05, 0) is 81.6 Å². The van der Waals surface area contributed by atoms with Crippen LogP contribution in [0.1, 0.15) is 64.7 Å². The molecule has 2 N–H and O–H groups in total. The van der Waals surface area contributed by atoms with Crippen molar-refractivity contribution < 1.29 is 4.79 Å². The van der Waals surface area contributed by atoms with E-state index in [4.69, 9.17) is 0 Å². The molecule has 5 aliphatic rings. The third-order valence-corrected chi connectivity index (χ3v) is 6.88. The molecule has 4 bridgehead atoms. The van der Waals surface area contributed by atoms with Crippen LogP contribution < -0.4 is 10.6 Å². The number of rotatable bonds is 4. The van der Waals surface area contributed by atoms with Crippen molar-refractivity contribution in [2.75, 3.05) is 6.54 Å². The van der Waals surface area contributed by atoms with Crippen LogP contribution in [0, 0.1) is 23.7 Å². The van der Waals surface area contributed by atoms with Gasteiger partial charge in [0.15, 0.2) is 0 Å². The summed E-state index contributed by atoms with van der Waals surface area (Å²) in [6.45, 7) is 3.20. The number of carbonyl (C=O) groups excluding carboxylic acids is 1. The third kappa shape index (κ3) is 2.32. The number of amides is 1. The zero-order valence-electron chi connectivity index (χ0n) is 13.4. The van der Waals surface area contributed by atoms with Gasteiger partial charge in [-0.3, -0.25) is 4.79 Å². The van der Waals surface area contributed by atoms with Gasteiger partial charge in [-0.25, -0.2) is 0 Å². The molecule has 1 aliphatic heterocycles. The molecule has 0 aromatic carbocycles. The smallest absolute Gasteiger partial charge is 0.240 e. The molecule has 3 heteroatoms. The molecule has 21 heavy (non-hydrogen) atoms. The van der Waals surface area contributed by atoms with Gasteiger partial charge in [0, 0.05) is 6.04 Å². The molecule has 0 radical (unpaired) electrons. The number of hydrogen-bond donors (Lipinski definition) is 2. The van der Waals surface area contributed by atoms with Gasteiger partial charge in [0.1, 0.15) is 0 Å². The van der Waals surface area contributed by atoms with Crippen LogP contribution in [0.2, 0.25) is 0 Å². The Labute approximate surface area is 128 Å². The normalized spacial score (nSPS) is 47.8. The van der Waals surface area contributed by atoms with E-state index in [0.717, 1.165) is 55.9 Å². The average Bonchev–Trinajstić information content (AvgIpc) is 2.92. The van der Waals surface area contributed by atoms with Gasteiger partial charge in [-0.2, -0.15) is 0 Å². The van der Waals surface area contributed by atoms with Crippen LogP contribution in [0.25, 0.3) is 0 Å². The summed E-state index contributed by atoms with van der Waals surface area (Å²) in [6.07, 6.45) is 11.3. The molecule has 5 fully saturated rings. The van der Waals surface area contributed by atoms with Crippen LogP contribution in [0.4, 0.5) is 0 Å². The summed E-state index contributed by atoms with van der Waals surface area (Å²) in [6, 6.07) is 0.487. The maximum atomic E-state index is 13.0. The SMILES string of the molecule is CCCC1(C(=O)NC2C3CC4CC(C3)CC2C4)CCCN1. The van der Waals surface area contributed by atoms with Gasteiger partial charge in [0.25, 0.3) is 0 Å². The minimum atomic E-state index is -0.247. The second kappa shape index (κ2) is 5.26. The predicted octanol–water partition coefficient (Wildman–Crippen LogP) is 2.85. The summed E-state index contributed by atoms with van der Waals surface area (Å²) in [5.41, 5.74) is -0.247. The van der Waals surface area contributed by atoms with Crippen molar-refractivity contribution in [3.8, 4) is 0 Å². The number of nitrogens with one attached hydrogen (secondary N) is 2. The van der Waals surface area contributed by atoms with Crippen LogP contribution in [0.5, 0.6) is 0 Å². The minimum absolute atomic E-state index is 0.247. The molecule has 1 saturated heterocycles. The minimum Gasteiger partial charge on any atom is -0.351 e. The Balaban J connectivity index is 1.46. The number of carbonyl (C=O) groups is 1. The quantitative estimate of drug-likeness (QED) is 0.836. The average molecular weight is 290 g/mol. The molecule has 0 spiro atoms. The van der Waals surface area contributed by atoms with Crippen LogP contribution in [-0.2, 0) is 4.79 Å². The molecule has 3 nitrogen and oxygen atoms in total. The zero-order valence-corrected chi connectivity index (χ0v) is 13.4. The van der Waals surface area contributed by atoms with Gasteiger partial charge in [-0.15, -0.1) is 0 Å². The third-order valence-electron chi connectivity index (χ3n) is 6.88. The lowest BCUT2D eigenvalue weighted by atomic mass is 9.54. The second-order valence-electron chi connectivity index (χ2n) is 8.29. The molecule has 1 unspecified atom stereocenters. The van der Waals surface area contributed by atoms with E-state index in [-0.39, 0.29) is 5.54 Å². The second-order valence-corrected chi connectivity index (χ2v) is 8.29. The zero-order chi connectivity index (χ0) is 14.4. The highest BCUT2D eigenvalue weighted by molar-refractivity contribution is 5.87. The Morgan fingerprint density at radius 2 is 1.81 bits per heavy atom. The summed E-state index contributed by atoms with van der Waals surface area (Å²) in [5.74, 6) is 3.85. The summed E-state index contributed by atoms with van der Waals surface area (Å²) < 4.78 is 0. The molecule has 1 amide bonds. The van der Waals surface area contributed by atoms with Crippen molar-refractivity contribution in [2.45, 2.75) is 76.3 Å². The standard InChI is InChI=1S/C18H30N2O/c1-2-4-18(5-3-6-19-18)17(21)20-16-14-8-12-7-13(10-14)11-15(16)9-12/h12-16,19H,2-11H2,1H3,(H,20,21). The van der Waals surface area contributed by atoms with Gasteiger partial charge in [0.05, 0.1) is 5.54 Å². The van der Waals surface area contributed by atoms with Crippen LogP contribution >= 0.6 is 0 Å². The van der Waals surface area contributed by atoms with E-state index in [0.29, 0.717) is 11.9 Å². The summed E-state index contributed by atoms with van der Waals surface area (Å²) >= 11 is 0. The van der Waals surface area contributed by atoms with E-state index in [1.807, 2.05) is 0 Å². The van der Waals surface area contributed by atoms with Crippen molar-refractivity contribution in [2.24, 2.45) is 23.7 Å². The van der Waals surface area contributed by atoms with Crippen molar-refractivity contribution in [1.82, 2.24) is 10.6 Å². The monoisotopic (exact) mass is 290 g/mol. The molecule has 118 valence electrons. The first-order chi connectivity index (χ1) is 10.2. The first-order valence-electron chi connectivity index (χ1n) is 9.26. The maximum absolute atomic E-state index is 13.0. The molecule has 0 aromatic heterocycles. The van der Waals surface area contributed by atoms with Gasteiger partial charge >= 0.3 is 0 Å². The fourth-order valence-electron chi connectivity index (χ4n) is 6.20. The van der Waals surface area contributed by atoms with Crippen molar-refractivity contribution >= 4 is 5.91 Å². The molecular weight excluding hydrogens is 260 g/mol. The lowest BCUT2D eigenvalue weighted by molar-refractivity contribution is -0.131. The van der Waals surface area contributed by atoms with E-state index in [1.54, 1.807) is 0 Å². The Kier molecular flexibility index (Phi) is 3.52. The van der Waals surface area contributed by atoms with E-state index in [1.165, 1.54) is 32.1 Å². The van der Waals surface area contributed by atoms with Crippen LogP contribution in [0.15, 0.2) is 0 Å². The summed E-state index contributed by atoms with van der Waals surface area (Å²) in [7, 11) is 0. The Morgan fingerprint density at radius 3 is 2.33 bits per heavy atom. The molecule has 5 rings (SSSR count). The molecule has 1 atom stereocenters. The van der Waals surface area contributed by atoms with Crippen molar-refractivity contribution in [3.63, 3.8) is 0 Å². The molecule has 0 aromatic rings. The molecule has 4 aliphatic carbocycles. The van der Waals surface area contributed by atoms with Gasteiger partial charge in [0.2, 0.25) is 5.91 Å². The molecular formula is C18H30N2O. The lowest BCUT2D eigenvalue weighted by Gasteiger charge is -2.54. The van der Waals surface area contributed by atoms with E-state index < -0.39 is 0 Å². The Hall–Kier alpha value is -0.570. The van der Waals surface area contributed by atoms with E-state index in [2.05, 4.69) is 17.6 Å². The van der Waals surface area contributed by atoms with Crippen LogP contribution in [0.3, 0.4) is 0 Å². The Bertz CT molecular complexity index is 385. The molecule has 1 heterocycles. The van der Waals surface area contributed by atoms with Gasteiger partial charge in [-0.1, -0.05) is 13.3 Å². The van der Waals surface area contributed by atoms with Crippen molar-refractivity contribution in [3.05, 3.63) is 0 Å². The van der Waals surface area contributed by atoms with E-state index in [9.17, 15) is 4.79 Å². The highest BCUT2D eigenvalue weighted by atomic mass is 16.2. The number of hydrogen-bond acceptors (Lipinski definition) is 2. The van der Waals surface area contributed by atoms with Crippen LogP contribution in [-0.4, -0.2) is 24.0 Å². The fourth-order valence-corrected chi connectivity index (χ4v) is 6.20. The van der Waals surface area contributed by atoms with E-state index >= 15 is 0 Å². The first kappa shape index (κ1) is 14.0. The highest BCUT2D eigenvalue weighted by Gasteiger charge is 2.50. The Morgan fingerprint density at radius 1 is 1.14 bits per heavy atom. The topological polar surface area (TPSA) is 41.1 Å². The lowest BCUT2D eigenvalue weighted by Crippen LogP contribution is -2.61. The summed E-state index contributed by atoms with van der Waals surface area (Å²) in [5, 5.41) is 7.06. The molecule has 4 saturated carbocycles. The largest absolute Gasteiger partial charge is 0.351 e. The summed E-state index contributed by atoms with van der Waals surface area (Å²) in [4.78, 5) is 13.0. The predicted molar refractivity (Wildman–Crippen MR) is 83.9 cm³/mol.